The third-order valence-electron chi connectivity index (χ3n) is 12.5. The van der Waals surface area contributed by atoms with Crippen molar-refractivity contribution in [3.63, 3.8) is 0 Å². The van der Waals surface area contributed by atoms with Gasteiger partial charge in [-0.2, -0.15) is 0 Å². The van der Waals surface area contributed by atoms with Crippen LogP contribution < -0.4 is 10.4 Å². The van der Waals surface area contributed by atoms with Crippen LogP contribution in [0.4, 0.5) is 0 Å². The standard InChI is InChI=1S/C44H51BN2O7Si/c1-44(2,3)55(34-15-9-5-10-16-34,35-17-11-6-12-18-35)52-29-31-25-37-40(36-26-39(54-45(51)41(31)36)38-20-19-33(28-48)53-38)43(50)47(42(37)49)32-21-23-46(24-22-32)27-30-13-7-4-8-14-30/h4-20,32,36-37,39-40,48,51H,21-29H2,1-3H3/t36-,37-,39-,40+/m0/s1. The van der Waals surface area contributed by atoms with E-state index in [0.29, 0.717) is 29.8 Å². The minimum absolute atomic E-state index is 0.114. The molecule has 8 rings (SSSR count). The van der Waals surface area contributed by atoms with E-state index in [1.807, 2.05) is 18.2 Å². The highest BCUT2D eigenvalue weighted by Gasteiger charge is 2.60. The molecule has 0 radical (unpaired) electrons. The molecule has 0 bridgehead atoms. The number of nitrogens with zero attached hydrogens (tertiary/aromatic N) is 2. The van der Waals surface area contributed by atoms with Gasteiger partial charge in [0.2, 0.25) is 11.8 Å². The van der Waals surface area contributed by atoms with Gasteiger partial charge in [0.15, 0.2) is 0 Å². The molecule has 3 aromatic carbocycles. The Hall–Kier alpha value is -4.10. The topological polar surface area (TPSA) is 113 Å². The summed E-state index contributed by atoms with van der Waals surface area (Å²) < 4.78 is 19.6. The highest BCUT2D eigenvalue weighted by Crippen LogP contribution is 2.52. The fraction of sp³-hybridized carbons (Fsp3) is 0.409. The summed E-state index contributed by atoms with van der Waals surface area (Å²) in [5.74, 6) is -1.01. The third kappa shape index (κ3) is 7.00. The van der Waals surface area contributed by atoms with Crippen LogP contribution in [-0.4, -0.2) is 72.9 Å². The van der Waals surface area contributed by atoms with Gasteiger partial charge in [-0.25, -0.2) is 0 Å². The number of amides is 2. The normalized spacial score (nSPS) is 24.0. The van der Waals surface area contributed by atoms with Gasteiger partial charge in [-0.05, 0) is 75.8 Å². The lowest BCUT2D eigenvalue weighted by Gasteiger charge is -2.45. The van der Waals surface area contributed by atoms with E-state index in [-0.39, 0.29) is 36.1 Å². The zero-order valence-corrected chi connectivity index (χ0v) is 33.0. The van der Waals surface area contributed by atoms with Gasteiger partial charge in [0.05, 0.1) is 18.4 Å². The Balaban J connectivity index is 1.12. The molecule has 2 N–H and O–H groups in total. The Morgan fingerprint density at radius 3 is 2.04 bits per heavy atom. The first-order valence-electron chi connectivity index (χ1n) is 19.7. The largest absolute Gasteiger partial charge is 0.487 e. The van der Waals surface area contributed by atoms with E-state index in [1.165, 1.54) is 5.56 Å². The van der Waals surface area contributed by atoms with E-state index >= 15 is 0 Å². The quantitative estimate of drug-likeness (QED) is 0.163. The second-order valence-corrected chi connectivity index (χ2v) is 21.0. The Morgan fingerprint density at radius 1 is 0.836 bits per heavy atom. The molecule has 1 aliphatic carbocycles. The van der Waals surface area contributed by atoms with Gasteiger partial charge in [0.1, 0.15) is 24.2 Å². The fourth-order valence-electron chi connectivity index (χ4n) is 9.90. The summed E-state index contributed by atoms with van der Waals surface area (Å²) in [6.45, 7) is 9.07. The molecule has 0 spiro atoms. The lowest BCUT2D eigenvalue weighted by Crippen LogP contribution is -2.66. The molecule has 3 fully saturated rings. The molecule has 55 heavy (non-hydrogen) atoms. The molecule has 3 aliphatic heterocycles. The van der Waals surface area contributed by atoms with Crippen LogP contribution in [0.25, 0.3) is 0 Å². The number of aliphatic hydroxyl groups is 1. The SMILES string of the molecule is CC(C)(C)[Si](OCC1=C2B(O)O[C@H](c3ccc(CO)o3)C[C@H]2[C@H]2C(=O)N(C3CCN(Cc4ccccc4)CC3)C(=O)[C@H]2C1)(c1ccccc1)c1ccccc1. The van der Waals surface area contributed by atoms with Crippen LogP contribution >= 0.6 is 0 Å². The van der Waals surface area contributed by atoms with Crippen molar-refractivity contribution in [2.75, 3.05) is 19.7 Å². The lowest BCUT2D eigenvalue weighted by molar-refractivity contribution is -0.144. The molecule has 4 aromatic rings. The maximum absolute atomic E-state index is 14.7. The summed E-state index contributed by atoms with van der Waals surface area (Å²) in [5.41, 5.74) is 2.74. The molecule has 286 valence electrons. The van der Waals surface area contributed by atoms with Crippen molar-refractivity contribution in [3.8, 4) is 0 Å². The summed E-state index contributed by atoms with van der Waals surface area (Å²) in [4.78, 5) is 33.3. The molecule has 4 atom stereocenters. The minimum atomic E-state index is -2.98. The van der Waals surface area contributed by atoms with Crippen LogP contribution in [0.1, 0.15) is 69.6 Å². The molecule has 11 heteroatoms. The first kappa shape index (κ1) is 37.8. The fourth-order valence-corrected chi connectivity index (χ4v) is 14.4. The molecule has 0 saturated carbocycles. The molecule has 4 heterocycles. The number of hydrogen-bond donors (Lipinski definition) is 2. The van der Waals surface area contributed by atoms with Crippen molar-refractivity contribution in [2.24, 2.45) is 17.8 Å². The highest BCUT2D eigenvalue weighted by atomic mass is 28.4. The Labute approximate surface area is 325 Å². The number of carbonyl (C=O) groups is 2. The first-order chi connectivity index (χ1) is 26.6. The van der Waals surface area contributed by atoms with E-state index in [4.69, 9.17) is 13.5 Å². The van der Waals surface area contributed by atoms with Crippen LogP contribution in [0.5, 0.6) is 0 Å². The van der Waals surface area contributed by atoms with E-state index in [9.17, 15) is 19.7 Å². The van der Waals surface area contributed by atoms with E-state index in [0.717, 1.165) is 48.4 Å². The second-order valence-electron chi connectivity index (χ2n) is 16.7. The van der Waals surface area contributed by atoms with Crippen molar-refractivity contribution in [2.45, 2.75) is 76.8 Å². The average Bonchev–Trinajstić information content (AvgIpc) is 3.78. The van der Waals surface area contributed by atoms with Gasteiger partial charge in [-0.3, -0.25) is 19.4 Å². The smallest absolute Gasteiger partial charge is 0.461 e. The summed E-state index contributed by atoms with van der Waals surface area (Å²) in [6.07, 6.45) is 1.48. The monoisotopic (exact) mass is 758 g/mol. The summed E-state index contributed by atoms with van der Waals surface area (Å²) in [7, 11) is -4.30. The van der Waals surface area contributed by atoms with Gasteiger partial charge in [-0.1, -0.05) is 112 Å². The van der Waals surface area contributed by atoms with E-state index < -0.39 is 39.3 Å². The molecular formula is C44H51BN2O7Si. The highest BCUT2D eigenvalue weighted by molar-refractivity contribution is 6.99. The predicted molar refractivity (Wildman–Crippen MR) is 213 cm³/mol. The van der Waals surface area contributed by atoms with Crippen molar-refractivity contribution < 1.29 is 33.2 Å². The molecule has 1 aromatic heterocycles. The summed E-state index contributed by atoms with van der Waals surface area (Å²) in [6, 6.07) is 34.5. The number of likely N-dealkylation sites (tertiary alicyclic amines) is 2. The summed E-state index contributed by atoms with van der Waals surface area (Å²) >= 11 is 0. The first-order valence-corrected chi connectivity index (χ1v) is 21.6. The van der Waals surface area contributed by atoms with Crippen LogP contribution in [0, 0.1) is 17.8 Å². The zero-order valence-electron chi connectivity index (χ0n) is 32.0. The summed E-state index contributed by atoms with van der Waals surface area (Å²) in [5, 5.41) is 23.6. The van der Waals surface area contributed by atoms with Crippen molar-refractivity contribution >= 4 is 37.6 Å². The number of aliphatic hydroxyl groups excluding tert-OH is 1. The van der Waals surface area contributed by atoms with Crippen LogP contribution in [-0.2, 0) is 31.8 Å². The maximum atomic E-state index is 14.7. The van der Waals surface area contributed by atoms with Crippen LogP contribution in [0.2, 0.25) is 5.04 Å². The number of benzene rings is 3. The lowest BCUT2D eigenvalue weighted by atomic mass is 9.55. The number of fused-ring (bicyclic) bond motifs is 3. The molecule has 4 aliphatic rings. The Kier molecular flexibility index (Phi) is 10.6. The van der Waals surface area contributed by atoms with Gasteiger partial charge in [0, 0.05) is 25.7 Å². The minimum Gasteiger partial charge on any atom is -0.461 e. The number of carbonyl (C=O) groups excluding carboxylic acids is 2. The molecule has 0 unspecified atom stereocenters. The number of furan rings is 1. The third-order valence-corrected chi connectivity index (χ3v) is 17.4. The van der Waals surface area contributed by atoms with E-state index in [2.05, 4.69) is 98.5 Å². The number of imide groups is 1. The number of hydrogen-bond acceptors (Lipinski definition) is 8. The maximum Gasteiger partial charge on any atom is 0.487 e. The van der Waals surface area contributed by atoms with E-state index in [1.54, 1.807) is 17.0 Å². The number of allylic oxidation sites excluding steroid dienone is 1. The van der Waals surface area contributed by atoms with Crippen LogP contribution in [0.15, 0.2) is 119 Å². The number of piperidine rings is 1. The Morgan fingerprint density at radius 2 is 1.45 bits per heavy atom. The van der Waals surface area contributed by atoms with Crippen molar-refractivity contribution in [1.29, 1.82) is 0 Å². The van der Waals surface area contributed by atoms with Gasteiger partial charge >= 0.3 is 7.12 Å². The van der Waals surface area contributed by atoms with Crippen molar-refractivity contribution in [3.05, 3.63) is 131 Å². The Bertz CT molecular complexity index is 1970. The average molecular weight is 759 g/mol. The van der Waals surface area contributed by atoms with Gasteiger partial charge < -0.3 is 23.6 Å². The second kappa shape index (κ2) is 15.4. The predicted octanol–water partition coefficient (Wildman–Crippen LogP) is 5.41. The number of rotatable bonds is 10. The molecule has 3 saturated heterocycles. The zero-order chi connectivity index (χ0) is 38.3. The van der Waals surface area contributed by atoms with Crippen molar-refractivity contribution in [1.82, 2.24) is 9.80 Å². The molecular weight excluding hydrogens is 707 g/mol. The van der Waals surface area contributed by atoms with Crippen LogP contribution in [0.3, 0.4) is 0 Å². The molecule has 2 amide bonds. The van der Waals surface area contributed by atoms with Gasteiger partial charge in [0.25, 0.3) is 8.32 Å². The van der Waals surface area contributed by atoms with Gasteiger partial charge in [-0.15, -0.1) is 0 Å². The molecule has 9 nitrogen and oxygen atoms in total.